The number of halogens is 4. The Balaban J connectivity index is 1.85. The Morgan fingerprint density at radius 1 is 1.26 bits per heavy atom. The lowest BCUT2D eigenvalue weighted by molar-refractivity contribution is -0.165. The van der Waals surface area contributed by atoms with Crippen molar-refractivity contribution in [3.63, 3.8) is 0 Å². The van der Waals surface area contributed by atoms with Crippen molar-refractivity contribution in [3.05, 3.63) is 40.1 Å². The minimum Gasteiger partial charge on any atom is -0.454 e. The summed E-state index contributed by atoms with van der Waals surface area (Å²) in [4.78, 5) is 36.2. The van der Waals surface area contributed by atoms with Crippen LogP contribution in [0.25, 0.3) is 0 Å². The second-order valence-corrected chi connectivity index (χ2v) is 6.98. The standard InChI is InChI=1S/C17H16F3IN2O4/c18-17(19,20)14(24)7-9-23-8-1-2-13(23)16(26)27-10-15(25)22-12-5-3-11(21)4-6-12/h3-7,9,13H,1-2,8,10H2,(H,22,25). The molecule has 0 saturated carbocycles. The van der Waals surface area contributed by atoms with Crippen LogP contribution in [0.3, 0.4) is 0 Å². The highest BCUT2D eigenvalue weighted by molar-refractivity contribution is 14.1. The molecule has 0 aromatic heterocycles. The van der Waals surface area contributed by atoms with Gasteiger partial charge in [-0.3, -0.25) is 9.59 Å². The number of esters is 1. The molecular formula is C17H16F3IN2O4. The zero-order chi connectivity index (χ0) is 20.0. The van der Waals surface area contributed by atoms with Gasteiger partial charge in [0.1, 0.15) is 6.04 Å². The van der Waals surface area contributed by atoms with Crippen LogP contribution in [0.2, 0.25) is 0 Å². The average Bonchev–Trinajstić information content (AvgIpc) is 3.07. The van der Waals surface area contributed by atoms with E-state index < -0.39 is 36.5 Å². The van der Waals surface area contributed by atoms with E-state index in [9.17, 15) is 27.6 Å². The Hall–Kier alpha value is -2.11. The number of hydrogen-bond donors (Lipinski definition) is 1. The second-order valence-electron chi connectivity index (χ2n) is 5.74. The van der Waals surface area contributed by atoms with Gasteiger partial charge in [-0.25, -0.2) is 4.79 Å². The van der Waals surface area contributed by atoms with Crippen LogP contribution in [0.1, 0.15) is 12.8 Å². The molecule has 0 aliphatic carbocycles. The number of amides is 1. The van der Waals surface area contributed by atoms with Crippen LogP contribution in [0.5, 0.6) is 0 Å². The summed E-state index contributed by atoms with van der Waals surface area (Å²) in [6, 6.07) is 6.17. The molecule has 1 aromatic carbocycles. The molecule has 1 aliphatic rings. The van der Waals surface area contributed by atoms with Gasteiger partial charge < -0.3 is 15.0 Å². The number of nitrogens with one attached hydrogen (secondary N) is 1. The summed E-state index contributed by atoms with van der Waals surface area (Å²) in [5.74, 6) is -3.26. The van der Waals surface area contributed by atoms with Crippen LogP contribution in [0.15, 0.2) is 36.5 Å². The molecule has 146 valence electrons. The predicted molar refractivity (Wildman–Crippen MR) is 98.7 cm³/mol. The molecule has 0 radical (unpaired) electrons. The SMILES string of the molecule is O=C(COC(=O)C1CCCN1C=CC(=O)C(F)(F)F)Nc1ccc(I)cc1. The van der Waals surface area contributed by atoms with Crippen molar-refractivity contribution < 1.29 is 32.3 Å². The zero-order valence-electron chi connectivity index (χ0n) is 14.0. The van der Waals surface area contributed by atoms with Crippen molar-refractivity contribution in [2.24, 2.45) is 0 Å². The molecule has 1 aliphatic heterocycles. The second kappa shape index (κ2) is 9.20. The largest absolute Gasteiger partial charge is 0.454 e. The normalized spacial score (nSPS) is 17.2. The highest BCUT2D eigenvalue weighted by atomic mass is 127. The molecular weight excluding hydrogens is 480 g/mol. The Kier molecular flexibility index (Phi) is 7.22. The fourth-order valence-corrected chi connectivity index (χ4v) is 2.80. The Labute approximate surface area is 166 Å². The molecule has 1 heterocycles. The number of benzene rings is 1. The first-order chi connectivity index (χ1) is 12.7. The fourth-order valence-electron chi connectivity index (χ4n) is 2.44. The van der Waals surface area contributed by atoms with Crippen molar-refractivity contribution in [2.45, 2.75) is 25.1 Å². The quantitative estimate of drug-likeness (QED) is 0.373. The van der Waals surface area contributed by atoms with E-state index in [4.69, 9.17) is 4.74 Å². The topological polar surface area (TPSA) is 75.7 Å². The number of alkyl halides is 3. The summed E-state index contributed by atoms with van der Waals surface area (Å²) in [6.07, 6.45) is -2.71. The minimum absolute atomic E-state index is 0.316. The first kappa shape index (κ1) is 21.2. The summed E-state index contributed by atoms with van der Waals surface area (Å²) in [7, 11) is 0. The van der Waals surface area contributed by atoms with Crippen molar-refractivity contribution in [1.82, 2.24) is 4.90 Å². The number of likely N-dealkylation sites (tertiary alicyclic amines) is 1. The van der Waals surface area contributed by atoms with Crippen LogP contribution in [0, 0.1) is 3.57 Å². The molecule has 10 heteroatoms. The van der Waals surface area contributed by atoms with Crippen molar-refractivity contribution >= 4 is 45.9 Å². The van der Waals surface area contributed by atoms with E-state index in [1.165, 1.54) is 4.90 Å². The molecule has 1 N–H and O–H groups in total. The molecule has 2 rings (SSSR count). The van der Waals surface area contributed by atoms with E-state index in [0.717, 1.165) is 9.77 Å². The number of hydrogen-bond acceptors (Lipinski definition) is 5. The van der Waals surface area contributed by atoms with Crippen LogP contribution < -0.4 is 5.32 Å². The summed E-state index contributed by atoms with van der Waals surface area (Å²) in [5, 5.41) is 2.57. The third-order valence-corrected chi connectivity index (χ3v) is 4.46. The Bertz CT molecular complexity index is 735. The number of carbonyl (C=O) groups is 3. The van der Waals surface area contributed by atoms with Gasteiger partial charge in [0.25, 0.3) is 11.7 Å². The number of carbonyl (C=O) groups excluding carboxylic acids is 3. The molecule has 6 nitrogen and oxygen atoms in total. The molecule has 1 unspecified atom stereocenters. The molecule has 0 bridgehead atoms. The highest BCUT2D eigenvalue weighted by Gasteiger charge is 2.37. The maximum Gasteiger partial charge on any atom is 0.454 e. The van der Waals surface area contributed by atoms with Gasteiger partial charge in [0.05, 0.1) is 0 Å². The van der Waals surface area contributed by atoms with Gasteiger partial charge in [0.15, 0.2) is 6.61 Å². The molecule has 1 fully saturated rings. The fraction of sp³-hybridized carbons (Fsp3) is 0.353. The lowest BCUT2D eigenvalue weighted by atomic mass is 10.2. The molecule has 1 atom stereocenters. The summed E-state index contributed by atoms with van der Waals surface area (Å²) in [6.45, 7) is -0.198. The van der Waals surface area contributed by atoms with Crippen LogP contribution in [-0.2, 0) is 19.1 Å². The maximum absolute atomic E-state index is 12.2. The number of ketones is 1. The van der Waals surface area contributed by atoms with Gasteiger partial charge in [-0.05, 0) is 59.7 Å². The van der Waals surface area contributed by atoms with Crippen LogP contribution >= 0.6 is 22.6 Å². The van der Waals surface area contributed by atoms with Gasteiger partial charge in [-0.2, -0.15) is 13.2 Å². The van der Waals surface area contributed by atoms with Crippen molar-refractivity contribution in [1.29, 1.82) is 0 Å². The van der Waals surface area contributed by atoms with Gasteiger partial charge in [-0.1, -0.05) is 0 Å². The van der Waals surface area contributed by atoms with E-state index in [2.05, 4.69) is 27.9 Å². The molecule has 1 aromatic rings. The molecule has 1 saturated heterocycles. The van der Waals surface area contributed by atoms with Gasteiger partial charge in [0.2, 0.25) is 0 Å². The number of anilines is 1. The predicted octanol–water partition coefficient (Wildman–Crippen LogP) is 2.88. The highest BCUT2D eigenvalue weighted by Crippen LogP contribution is 2.21. The lowest BCUT2D eigenvalue weighted by Gasteiger charge is -2.21. The lowest BCUT2D eigenvalue weighted by Crippen LogP contribution is -2.35. The average molecular weight is 496 g/mol. The third kappa shape index (κ3) is 6.52. The minimum atomic E-state index is -4.96. The summed E-state index contributed by atoms with van der Waals surface area (Å²) < 4.78 is 42.6. The van der Waals surface area contributed by atoms with E-state index in [0.29, 0.717) is 31.1 Å². The number of ether oxygens (including phenoxy) is 1. The van der Waals surface area contributed by atoms with Crippen molar-refractivity contribution in [2.75, 3.05) is 18.5 Å². The van der Waals surface area contributed by atoms with Gasteiger partial charge in [0, 0.05) is 28.1 Å². The van der Waals surface area contributed by atoms with E-state index in [1.807, 2.05) is 0 Å². The molecule has 1 amide bonds. The summed E-state index contributed by atoms with van der Waals surface area (Å²) in [5.41, 5.74) is 0.549. The molecule has 0 spiro atoms. The van der Waals surface area contributed by atoms with Crippen LogP contribution in [-0.4, -0.2) is 47.9 Å². The van der Waals surface area contributed by atoms with E-state index in [-0.39, 0.29) is 0 Å². The van der Waals surface area contributed by atoms with E-state index >= 15 is 0 Å². The third-order valence-electron chi connectivity index (χ3n) is 3.74. The van der Waals surface area contributed by atoms with Gasteiger partial charge in [-0.15, -0.1) is 0 Å². The zero-order valence-corrected chi connectivity index (χ0v) is 16.1. The van der Waals surface area contributed by atoms with Crippen LogP contribution in [0.4, 0.5) is 18.9 Å². The van der Waals surface area contributed by atoms with Crippen molar-refractivity contribution in [3.8, 4) is 0 Å². The monoisotopic (exact) mass is 496 g/mol. The first-order valence-corrected chi connectivity index (χ1v) is 9.02. The molecule has 27 heavy (non-hydrogen) atoms. The summed E-state index contributed by atoms with van der Waals surface area (Å²) >= 11 is 2.12. The smallest absolute Gasteiger partial charge is 0.454 e. The number of allylic oxidation sites excluding steroid dienone is 1. The first-order valence-electron chi connectivity index (χ1n) is 7.94. The number of nitrogens with zero attached hydrogens (tertiary/aromatic N) is 1. The maximum atomic E-state index is 12.2. The van der Waals surface area contributed by atoms with Gasteiger partial charge >= 0.3 is 12.1 Å². The number of rotatable bonds is 6. The Morgan fingerprint density at radius 2 is 1.93 bits per heavy atom. The van der Waals surface area contributed by atoms with E-state index in [1.54, 1.807) is 24.3 Å². The Morgan fingerprint density at radius 3 is 2.56 bits per heavy atom.